The summed E-state index contributed by atoms with van der Waals surface area (Å²) in [7, 11) is 0. The van der Waals surface area contributed by atoms with Gasteiger partial charge in [-0.15, -0.1) is 0 Å². The van der Waals surface area contributed by atoms with Gasteiger partial charge in [-0.1, -0.05) is 0 Å². The number of rotatable bonds is 10. The molecule has 0 spiro atoms. The number of carbonyl (C=O) groups excluding carboxylic acids is 2. The summed E-state index contributed by atoms with van der Waals surface area (Å²) >= 11 is 14.2. The van der Waals surface area contributed by atoms with Crippen molar-refractivity contribution in [3.8, 4) is 0 Å². The van der Waals surface area contributed by atoms with E-state index in [9.17, 15) is 14.4 Å². The standard InChI is InChI=1S/C19H22Br4N2O5/c1-3-29-11(26)7-5-9-24-17-15(22)13(20)14(21)16(23)18(17)25(19(24)28)10-6-8-12(27)30-4-2/h3-10H2,1-2H3. The van der Waals surface area contributed by atoms with E-state index in [1.165, 1.54) is 0 Å². The lowest BCUT2D eigenvalue weighted by Gasteiger charge is -2.10. The van der Waals surface area contributed by atoms with E-state index in [0.717, 1.165) is 17.9 Å². The zero-order chi connectivity index (χ0) is 22.4. The number of benzene rings is 1. The number of nitrogens with zero attached hydrogens (tertiary/aromatic N) is 2. The molecule has 2 aromatic rings. The number of carbonyl (C=O) groups is 2. The van der Waals surface area contributed by atoms with E-state index in [2.05, 4.69) is 63.7 Å². The molecule has 0 radical (unpaired) electrons. The third-order valence-electron chi connectivity index (χ3n) is 4.36. The van der Waals surface area contributed by atoms with E-state index in [4.69, 9.17) is 9.47 Å². The van der Waals surface area contributed by atoms with Crippen molar-refractivity contribution in [1.29, 1.82) is 0 Å². The molecule has 0 saturated heterocycles. The van der Waals surface area contributed by atoms with Gasteiger partial charge in [-0.3, -0.25) is 18.7 Å². The highest BCUT2D eigenvalue weighted by Crippen LogP contribution is 2.43. The van der Waals surface area contributed by atoms with Crippen LogP contribution in [-0.2, 0) is 32.2 Å². The normalized spacial score (nSPS) is 11.1. The van der Waals surface area contributed by atoms with Crippen LogP contribution in [-0.4, -0.2) is 34.3 Å². The van der Waals surface area contributed by atoms with Crippen LogP contribution >= 0.6 is 63.7 Å². The van der Waals surface area contributed by atoms with E-state index in [0.29, 0.717) is 50.2 Å². The van der Waals surface area contributed by atoms with Gasteiger partial charge in [0.2, 0.25) is 0 Å². The van der Waals surface area contributed by atoms with Crippen LogP contribution < -0.4 is 5.69 Å². The summed E-state index contributed by atoms with van der Waals surface area (Å²) in [6, 6.07) is 0. The van der Waals surface area contributed by atoms with Crippen LogP contribution in [0.5, 0.6) is 0 Å². The third-order valence-corrected chi connectivity index (χ3v) is 9.08. The Balaban J connectivity index is 2.42. The van der Waals surface area contributed by atoms with Crippen LogP contribution in [0.2, 0.25) is 0 Å². The molecule has 0 atom stereocenters. The molecule has 1 aromatic heterocycles. The smallest absolute Gasteiger partial charge is 0.329 e. The van der Waals surface area contributed by atoms with Crippen molar-refractivity contribution in [2.45, 2.75) is 52.6 Å². The highest BCUT2D eigenvalue weighted by atomic mass is 79.9. The summed E-state index contributed by atoms with van der Waals surface area (Å²) in [5.74, 6) is -0.569. The molecule has 166 valence electrons. The molecular formula is C19H22Br4N2O5. The lowest BCUT2D eigenvalue weighted by Crippen LogP contribution is -2.25. The summed E-state index contributed by atoms with van der Waals surface area (Å²) in [6.07, 6.45) is 1.40. The number of fused-ring (bicyclic) bond motifs is 1. The summed E-state index contributed by atoms with van der Waals surface area (Å²) < 4.78 is 16.2. The summed E-state index contributed by atoms with van der Waals surface area (Å²) in [5.41, 5.74) is 1.22. The molecule has 30 heavy (non-hydrogen) atoms. The fourth-order valence-electron chi connectivity index (χ4n) is 3.08. The van der Waals surface area contributed by atoms with Crippen molar-refractivity contribution in [1.82, 2.24) is 9.13 Å². The van der Waals surface area contributed by atoms with Gasteiger partial charge in [0, 0.05) is 34.9 Å². The van der Waals surface area contributed by atoms with Crippen molar-refractivity contribution in [3.05, 3.63) is 28.4 Å². The molecule has 0 saturated carbocycles. The fraction of sp³-hybridized carbons (Fsp3) is 0.526. The lowest BCUT2D eigenvalue weighted by atomic mass is 10.2. The monoisotopic (exact) mass is 674 g/mol. The van der Waals surface area contributed by atoms with Gasteiger partial charge in [-0.05, 0) is 90.4 Å². The summed E-state index contributed by atoms with van der Waals surface area (Å²) in [6.45, 7) is 4.90. The Morgan fingerprint density at radius 1 is 0.733 bits per heavy atom. The van der Waals surface area contributed by atoms with Gasteiger partial charge in [0.1, 0.15) is 0 Å². The first-order valence-corrected chi connectivity index (χ1v) is 12.7. The fourth-order valence-corrected chi connectivity index (χ4v) is 5.59. The quantitative estimate of drug-likeness (QED) is 0.188. The van der Waals surface area contributed by atoms with Gasteiger partial charge >= 0.3 is 17.6 Å². The average Bonchev–Trinajstić information content (AvgIpc) is 2.97. The van der Waals surface area contributed by atoms with Gasteiger partial charge in [0.05, 0.1) is 33.2 Å². The molecule has 7 nitrogen and oxygen atoms in total. The van der Waals surface area contributed by atoms with Crippen LogP contribution in [0, 0.1) is 0 Å². The summed E-state index contributed by atoms with van der Waals surface area (Å²) in [4.78, 5) is 36.6. The van der Waals surface area contributed by atoms with Crippen molar-refractivity contribution < 1.29 is 19.1 Å². The van der Waals surface area contributed by atoms with Gasteiger partial charge in [-0.2, -0.15) is 0 Å². The number of halogens is 4. The maximum atomic E-state index is 13.2. The molecule has 0 aliphatic heterocycles. The number of ether oxygens (including phenoxy) is 2. The molecule has 0 N–H and O–H groups in total. The Bertz CT molecular complexity index is 923. The predicted molar refractivity (Wildman–Crippen MR) is 129 cm³/mol. The first-order chi connectivity index (χ1) is 14.2. The molecular weight excluding hydrogens is 656 g/mol. The summed E-state index contributed by atoms with van der Waals surface area (Å²) in [5, 5.41) is 0. The second-order valence-electron chi connectivity index (χ2n) is 6.36. The van der Waals surface area contributed by atoms with E-state index in [1.54, 1.807) is 23.0 Å². The Morgan fingerprint density at radius 2 is 1.10 bits per heavy atom. The lowest BCUT2D eigenvalue weighted by molar-refractivity contribution is -0.144. The van der Waals surface area contributed by atoms with E-state index >= 15 is 0 Å². The molecule has 0 aliphatic carbocycles. The SMILES string of the molecule is CCOC(=O)CCCn1c(=O)n(CCCC(=O)OCC)c2c(Br)c(Br)c(Br)c(Br)c21. The Morgan fingerprint density at radius 3 is 1.43 bits per heavy atom. The number of hydrogen-bond acceptors (Lipinski definition) is 5. The highest BCUT2D eigenvalue weighted by Gasteiger charge is 2.23. The van der Waals surface area contributed by atoms with Crippen LogP contribution in [0.1, 0.15) is 39.5 Å². The maximum absolute atomic E-state index is 13.2. The molecule has 0 aliphatic rings. The maximum Gasteiger partial charge on any atom is 0.329 e. The number of esters is 2. The minimum atomic E-state index is -0.284. The van der Waals surface area contributed by atoms with Crippen LogP contribution in [0.4, 0.5) is 0 Å². The van der Waals surface area contributed by atoms with E-state index in [1.807, 2.05) is 0 Å². The molecule has 2 rings (SSSR count). The molecule has 0 unspecified atom stereocenters. The first kappa shape index (κ1) is 25.6. The Labute approximate surface area is 208 Å². The molecule has 0 bridgehead atoms. The van der Waals surface area contributed by atoms with Crippen molar-refractivity contribution in [2.75, 3.05) is 13.2 Å². The third kappa shape index (κ3) is 5.77. The predicted octanol–water partition coefficient (Wildman–Crippen LogP) is 5.54. The highest BCUT2D eigenvalue weighted by molar-refractivity contribution is 9.15. The van der Waals surface area contributed by atoms with Crippen molar-refractivity contribution >= 4 is 86.7 Å². The van der Waals surface area contributed by atoms with Gasteiger partial charge < -0.3 is 9.47 Å². The minimum absolute atomic E-state index is 0.205. The number of aryl methyl sites for hydroxylation is 2. The van der Waals surface area contributed by atoms with Crippen molar-refractivity contribution in [3.63, 3.8) is 0 Å². The molecule has 0 fully saturated rings. The molecule has 1 heterocycles. The second-order valence-corrected chi connectivity index (χ2v) is 9.53. The largest absolute Gasteiger partial charge is 0.466 e. The number of aromatic nitrogens is 2. The van der Waals surface area contributed by atoms with Gasteiger partial charge in [-0.25, -0.2) is 4.79 Å². The Hall–Kier alpha value is -0.650. The number of hydrogen-bond donors (Lipinski definition) is 0. The molecule has 11 heteroatoms. The van der Waals surface area contributed by atoms with Crippen LogP contribution in [0.3, 0.4) is 0 Å². The first-order valence-electron chi connectivity index (χ1n) is 9.50. The number of imidazole rings is 1. The topological polar surface area (TPSA) is 79.5 Å². The Kier molecular flexibility index (Phi) is 10.1. The zero-order valence-electron chi connectivity index (χ0n) is 16.6. The van der Waals surface area contributed by atoms with Crippen molar-refractivity contribution in [2.24, 2.45) is 0 Å². The minimum Gasteiger partial charge on any atom is -0.466 e. The second kappa shape index (κ2) is 11.8. The zero-order valence-corrected chi connectivity index (χ0v) is 22.9. The molecule has 0 amide bonds. The van der Waals surface area contributed by atoms with Crippen LogP contribution in [0.15, 0.2) is 22.7 Å². The van der Waals surface area contributed by atoms with E-state index in [-0.39, 0.29) is 30.5 Å². The molecule has 1 aromatic carbocycles. The van der Waals surface area contributed by atoms with Crippen LogP contribution in [0.25, 0.3) is 11.0 Å². The van der Waals surface area contributed by atoms with E-state index < -0.39 is 0 Å². The van der Waals surface area contributed by atoms with Gasteiger partial charge in [0.15, 0.2) is 0 Å². The van der Waals surface area contributed by atoms with Gasteiger partial charge in [0.25, 0.3) is 0 Å². The average molecular weight is 678 g/mol.